The zero-order valence-corrected chi connectivity index (χ0v) is 16.6. The minimum absolute atomic E-state index is 0. The van der Waals surface area contributed by atoms with E-state index < -0.39 is 12.1 Å². The number of hydrogen-bond donors (Lipinski definition) is 3. The first kappa shape index (κ1) is 22.4. The van der Waals surface area contributed by atoms with E-state index in [0.29, 0.717) is 12.8 Å². The Hall–Kier alpha value is 0.0783. The summed E-state index contributed by atoms with van der Waals surface area (Å²) in [7, 11) is 0. The standard InChI is InChI=1S/C15H31NO3.W/c1-7-12(18)11(9-17)16-13(19)8-15(5,6)10-14(2,3)4;/h11-12,17-18H,7-10H2,1-6H3,(H,16,19);. The van der Waals surface area contributed by atoms with Crippen molar-refractivity contribution in [1.82, 2.24) is 5.32 Å². The molecule has 0 spiro atoms. The molecular formula is C15H31NO3W. The molecule has 0 saturated carbocycles. The predicted molar refractivity (Wildman–Crippen MR) is 77.8 cm³/mol. The molecule has 0 heterocycles. The largest absolute Gasteiger partial charge is 0.394 e. The summed E-state index contributed by atoms with van der Waals surface area (Å²) in [5.41, 5.74) is 0.0720. The van der Waals surface area contributed by atoms with Crippen molar-refractivity contribution in [2.45, 2.75) is 73.0 Å². The molecule has 0 saturated heterocycles. The van der Waals surface area contributed by atoms with Crippen LogP contribution in [0.4, 0.5) is 0 Å². The maximum absolute atomic E-state index is 12.0. The minimum atomic E-state index is -0.695. The van der Waals surface area contributed by atoms with E-state index in [0.717, 1.165) is 6.42 Å². The molecular weight excluding hydrogens is 426 g/mol. The van der Waals surface area contributed by atoms with Crippen LogP contribution < -0.4 is 5.32 Å². The number of rotatable bonds is 7. The van der Waals surface area contributed by atoms with Gasteiger partial charge < -0.3 is 15.5 Å². The molecule has 5 heteroatoms. The fourth-order valence-electron chi connectivity index (χ4n) is 2.74. The van der Waals surface area contributed by atoms with Gasteiger partial charge in [-0.25, -0.2) is 0 Å². The molecule has 3 N–H and O–H groups in total. The first-order valence-electron chi connectivity index (χ1n) is 7.09. The van der Waals surface area contributed by atoms with Crippen molar-refractivity contribution in [3.8, 4) is 0 Å². The fourth-order valence-corrected chi connectivity index (χ4v) is 2.74. The number of aliphatic hydroxyl groups is 2. The second-order valence-electron chi connectivity index (χ2n) is 7.41. The summed E-state index contributed by atoms with van der Waals surface area (Å²) in [5, 5.41) is 21.6. The number of amides is 1. The van der Waals surface area contributed by atoms with E-state index in [1.54, 1.807) is 0 Å². The summed E-state index contributed by atoms with van der Waals surface area (Å²) in [6, 6.07) is -0.567. The number of carbonyl (C=O) groups is 1. The van der Waals surface area contributed by atoms with Crippen LogP contribution in [-0.2, 0) is 25.9 Å². The van der Waals surface area contributed by atoms with Gasteiger partial charge in [0.25, 0.3) is 0 Å². The molecule has 2 unspecified atom stereocenters. The average molecular weight is 457 g/mol. The van der Waals surface area contributed by atoms with Crippen LogP contribution in [0.2, 0.25) is 0 Å². The molecule has 0 aromatic carbocycles. The summed E-state index contributed by atoms with van der Waals surface area (Å²) < 4.78 is 0. The molecule has 20 heavy (non-hydrogen) atoms. The van der Waals surface area contributed by atoms with Gasteiger partial charge in [-0.05, 0) is 23.7 Å². The van der Waals surface area contributed by atoms with Crippen molar-refractivity contribution >= 4 is 5.91 Å². The maximum atomic E-state index is 12.0. The van der Waals surface area contributed by atoms with Gasteiger partial charge in [-0.3, -0.25) is 4.79 Å². The van der Waals surface area contributed by atoms with Crippen LogP contribution in [0, 0.1) is 10.8 Å². The number of carbonyl (C=O) groups excluding carboxylic acids is 1. The van der Waals surface area contributed by atoms with Crippen molar-refractivity contribution in [3.05, 3.63) is 0 Å². The van der Waals surface area contributed by atoms with Crippen LogP contribution >= 0.6 is 0 Å². The number of nitrogens with one attached hydrogen (secondary N) is 1. The Balaban J connectivity index is 0. The maximum Gasteiger partial charge on any atom is 0.220 e. The topological polar surface area (TPSA) is 69.6 Å². The number of aliphatic hydroxyl groups excluding tert-OH is 2. The van der Waals surface area contributed by atoms with Crippen LogP contribution in [0.15, 0.2) is 0 Å². The zero-order chi connectivity index (χ0) is 15.3. The van der Waals surface area contributed by atoms with Crippen molar-refractivity contribution in [1.29, 1.82) is 0 Å². The Morgan fingerprint density at radius 1 is 1.20 bits per heavy atom. The Kier molecular flexibility index (Phi) is 10.3. The predicted octanol–water partition coefficient (Wildman–Crippen LogP) is 2.08. The molecule has 0 radical (unpaired) electrons. The smallest absolute Gasteiger partial charge is 0.220 e. The van der Waals surface area contributed by atoms with Gasteiger partial charge >= 0.3 is 0 Å². The minimum Gasteiger partial charge on any atom is -0.394 e. The molecule has 0 aromatic heterocycles. The Labute approximate surface area is 138 Å². The summed E-state index contributed by atoms with van der Waals surface area (Å²) in [4.78, 5) is 12.0. The summed E-state index contributed by atoms with van der Waals surface area (Å²) in [6.45, 7) is 12.2. The van der Waals surface area contributed by atoms with Crippen molar-refractivity contribution in [3.63, 3.8) is 0 Å². The molecule has 0 aliphatic rings. The van der Waals surface area contributed by atoms with E-state index in [-0.39, 0.29) is 44.4 Å². The van der Waals surface area contributed by atoms with E-state index in [1.165, 1.54) is 0 Å². The van der Waals surface area contributed by atoms with Gasteiger partial charge in [0.15, 0.2) is 0 Å². The molecule has 0 fully saturated rings. The van der Waals surface area contributed by atoms with Gasteiger partial charge in [0.1, 0.15) is 0 Å². The van der Waals surface area contributed by atoms with Gasteiger partial charge in [-0.1, -0.05) is 41.5 Å². The van der Waals surface area contributed by atoms with Gasteiger partial charge in [-0.15, -0.1) is 0 Å². The summed E-state index contributed by atoms with van der Waals surface area (Å²) in [5.74, 6) is -0.110. The molecule has 0 aliphatic carbocycles. The van der Waals surface area contributed by atoms with E-state index in [4.69, 9.17) is 0 Å². The van der Waals surface area contributed by atoms with Crippen molar-refractivity contribution < 1.29 is 36.1 Å². The quantitative estimate of drug-likeness (QED) is 0.549. The SMILES string of the molecule is CCC(O)C(CO)NC(=O)CC(C)(C)CC(C)(C)C.[W]. The average Bonchev–Trinajstić information content (AvgIpc) is 2.20. The Morgan fingerprint density at radius 2 is 1.70 bits per heavy atom. The molecule has 0 rings (SSSR count). The Bertz CT molecular complexity index is 287. The first-order valence-corrected chi connectivity index (χ1v) is 7.09. The molecule has 0 bridgehead atoms. The third-order valence-electron chi connectivity index (χ3n) is 3.07. The van der Waals surface area contributed by atoms with Crippen LogP contribution in [0.25, 0.3) is 0 Å². The van der Waals surface area contributed by atoms with E-state index in [1.807, 2.05) is 6.92 Å². The monoisotopic (exact) mass is 457 g/mol. The number of hydrogen-bond acceptors (Lipinski definition) is 3. The van der Waals surface area contributed by atoms with Crippen LogP contribution in [0.1, 0.15) is 60.8 Å². The van der Waals surface area contributed by atoms with E-state index in [2.05, 4.69) is 39.9 Å². The molecule has 1 amide bonds. The fraction of sp³-hybridized carbons (Fsp3) is 0.933. The third kappa shape index (κ3) is 9.90. The van der Waals surface area contributed by atoms with Crippen LogP contribution in [0.5, 0.6) is 0 Å². The Morgan fingerprint density at radius 3 is 2.05 bits per heavy atom. The molecule has 120 valence electrons. The van der Waals surface area contributed by atoms with E-state index >= 15 is 0 Å². The second kappa shape index (κ2) is 9.17. The van der Waals surface area contributed by atoms with Crippen molar-refractivity contribution in [2.75, 3.05) is 6.61 Å². The van der Waals surface area contributed by atoms with E-state index in [9.17, 15) is 15.0 Å². The summed E-state index contributed by atoms with van der Waals surface area (Å²) in [6.07, 6.45) is 1.15. The first-order chi connectivity index (χ1) is 8.50. The van der Waals surface area contributed by atoms with Crippen molar-refractivity contribution in [2.24, 2.45) is 10.8 Å². The molecule has 0 aliphatic heterocycles. The third-order valence-corrected chi connectivity index (χ3v) is 3.07. The zero-order valence-electron chi connectivity index (χ0n) is 13.7. The molecule has 0 aromatic rings. The second-order valence-corrected chi connectivity index (χ2v) is 7.41. The van der Waals surface area contributed by atoms with Crippen LogP contribution in [0.3, 0.4) is 0 Å². The van der Waals surface area contributed by atoms with Crippen LogP contribution in [-0.4, -0.2) is 34.9 Å². The molecule has 4 nitrogen and oxygen atoms in total. The van der Waals surface area contributed by atoms with Gasteiger partial charge in [0.2, 0.25) is 5.91 Å². The summed E-state index contributed by atoms with van der Waals surface area (Å²) >= 11 is 0. The van der Waals surface area contributed by atoms with Gasteiger partial charge in [-0.2, -0.15) is 0 Å². The molecule has 2 atom stereocenters. The van der Waals surface area contributed by atoms with Gasteiger partial charge in [0, 0.05) is 27.5 Å². The normalized spacial score (nSPS) is 15.2. The van der Waals surface area contributed by atoms with Gasteiger partial charge in [0.05, 0.1) is 18.8 Å².